The van der Waals surface area contributed by atoms with Gasteiger partial charge in [-0.2, -0.15) is 0 Å². The van der Waals surface area contributed by atoms with Crippen molar-refractivity contribution in [2.24, 2.45) is 11.8 Å². The smallest absolute Gasteiger partial charge is 0.0410 e. The Kier molecular flexibility index (Phi) is 4.76. The van der Waals surface area contributed by atoms with E-state index in [0.29, 0.717) is 6.04 Å². The van der Waals surface area contributed by atoms with Gasteiger partial charge in [0.2, 0.25) is 0 Å². The van der Waals surface area contributed by atoms with Crippen molar-refractivity contribution in [1.29, 1.82) is 0 Å². The molecule has 1 aliphatic rings. The molecule has 2 rings (SSSR count). The average molecular weight is 375 g/mol. The summed E-state index contributed by atoms with van der Waals surface area (Å²) in [6.45, 7) is 8.27. The fourth-order valence-corrected chi connectivity index (χ4v) is 3.83. The van der Waals surface area contributed by atoms with E-state index in [4.69, 9.17) is 0 Å². The van der Waals surface area contributed by atoms with Crippen LogP contribution in [0.2, 0.25) is 0 Å². The van der Waals surface area contributed by atoms with Crippen LogP contribution in [-0.2, 0) is 5.33 Å². The van der Waals surface area contributed by atoms with Gasteiger partial charge in [0.15, 0.2) is 0 Å². The number of hydrogen-bond acceptors (Lipinski definition) is 1. The summed E-state index contributed by atoms with van der Waals surface area (Å²) in [6, 6.07) is 7.25. The van der Waals surface area contributed by atoms with Gasteiger partial charge in [0.25, 0.3) is 0 Å². The number of anilines is 1. The Morgan fingerprint density at radius 1 is 1.28 bits per heavy atom. The first-order valence-corrected chi connectivity index (χ1v) is 8.55. The zero-order valence-corrected chi connectivity index (χ0v) is 14.5. The Morgan fingerprint density at radius 2 is 2.00 bits per heavy atom. The first kappa shape index (κ1) is 14.4. The number of alkyl halides is 1. The monoisotopic (exact) mass is 373 g/mol. The maximum absolute atomic E-state index is 3.61. The second kappa shape index (κ2) is 5.96. The molecule has 1 aliphatic heterocycles. The number of rotatable bonds is 2. The van der Waals surface area contributed by atoms with E-state index >= 15 is 0 Å². The summed E-state index contributed by atoms with van der Waals surface area (Å²) in [6.07, 6.45) is 1.35. The van der Waals surface area contributed by atoms with Crippen LogP contribution in [0.3, 0.4) is 0 Å². The molecule has 1 nitrogen and oxygen atoms in total. The molecule has 1 aromatic rings. The molecule has 0 saturated carbocycles. The Labute approximate surface area is 127 Å². The number of piperidine rings is 1. The predicted octanol–water partition coefficient (Wildman–Crippen LogP) is 5.21. The van der Waals surface area contributed by atoms with Crippen molar-refractivity contribution in [3.63, 3.8) is 0 Å². The molecule has 100 valence electrons. The topological polar surface area (TPSA) is 3.24 Å². The Balaban J connectivity index is 2.34. The summed E-state index contributed by atoms with van der Waals surface area (Å²) in [4.78, 5) is 2.59. The van der Waals surface area contributed by atoms with E-state index in [1.54, 1.807) is 0 Å². The molecule has 0 N–H and O–H groups in total. The van der Waals surface area contributed by atoms with E-state index in [0.717, 1.165) is 21.6 Å². The molecule has 0 spiro atoms. The lowest BCUT2D eigenvalue weighted by molar-refractivity contribution is 0.297. The molecule has 0 radical (unpaired) electrons. The summed E-state index contributed by atoms with van der Waals surface area (Å²) in [5.41, 5.74) is 2.76. The van der Waals surface area contributed by atoms with Crippen molar-refractivity contribution in [3.8, 4) is 0 Å². The lowest BCUT2D eigenvalue weighted by Crippen LogP contribution is -2.46. The molecule has 0 aromatic heterocycles. The van der Waals surface area contributed by atoms with Gasteiger partial charge in [0, 0.05) is 28.1 Å². The molecule has 3 atom stereocenters. The summed E-state index contributed by atoms with van der Waals surface area (Å²) in [5.74, 6) is 1.54. The highest BCUT2D eigenvalue weighted by molar-refractivity contribution is 9.10. The molecule has 1 heterocycles. The number of nitrogens with zero attached hydrogens (tertiary/aromatic N) is 1. The third-order valence-corrected chi connectivity index (χ3v) is 5.19. The molecule has 3 heteroatoms. The van der Waals surface area contributed by atoms with E-state index < -0.39 is 0 Å². The molecule has 1 saturated heterocycles. The lowest BCUT2D eigenvalue weighted by atomic mass is 9.85. The van der Waals surface area contributed by atoms with E-state index in [2.05, 4.69) is 75.7 Å². The third kappa shape index (κ3) is 2.93. The summed E-state index contributed by atoms with van der Waals surface area (Å²) in [7, 11) is 0. The minimum Gasteiger partial charge on any atom is -0.368 e. The first-order chi connectivity index (χ1) is 8.52. The highest BCUT2D eigenvalue weighted by Crippen LogP contribution is 2.35. The Bertz CT molecular complexity index is 419. The van der Waals surface area contributed by atoms with Crippen molar-refractivity contribution in [2.75, 3.05) is 11.4 Å². The van der Waals surface area contributed by atoms with E-state index in [-0.39, 0.29) is 0 Å². The minimum absolute atomic E-state index is 0.625. The van der Waals surface area contributed by atoms with E-state index in [1.165, 1.54) is 24.2 Å². The fraction of sp³-hybridized carbons (Fsp3) is 0.600. The quantitative estimate of drug-likeness (QED) is 0.641. The van der Waals surface area contributed by atoms with Gasteiger partial charge < -0.3 is 4.90 Å². The van der Waals surface area contributed by atoms with Crippen LogP contribution in [0, 0.1) is 11.8 Å². The largest absolute Gasteiger partial charge is 0.368 e. The molecular weight excluding hydrogens is 354 g/mol. The molecule has 3 unspecified atom stereocenters. The van der Waals surface area contributed by atoms with Crippen LogP contribution in [0.25, 0.3) is 0 Å². The SMILES string of the molecule is CC1CC(C)C(C)N(c2ccc(Br)cc2CBr)C1. The van der Waals surface area contributed by atoms with Crippen molar-refractivity contribution in [2.45, 2.75) is 38.6 Å². The zero-order chi connectivity index (χ0) is 13.3. The average Bonchev–Trinajstić information content (AvgIpc) is 2.34. The van der Waals surface area contributed by atoms with E-state index in [1.807, 2.05) is 0 Å². The van der Waals surface area contributed by atoms with Gasteiger partial charge in [0.05, 0.1) is 0 Å². The Hall–Kier alpha value is -0.0200. The zero-order valence-electron chi connectivity index (χ0n) is 11.3. The summed E-state index contributed by atoms with van der Waals surface area (Å²) in [5, 5.41) is 0.910. The lowest BCUT2D eigenvalue weighted by Gasteiger charge is -2.43. The second-order valence-electron chi connectivity index (χ2n) is 5.62. The van der Waals surface area contributed by atoms with Crippen molar-refractivity contribution in [1.82, 2.24) is 0 Å². The second-order valence-corrected chi connectivity index (χ2v) is 7.09. The van der Waals surface area contributed by atoms with Gasteiger partial charge in [0.1, 0.15) is 0 Å². The van der Waals surface area contributed by atoms with Crippen LogP contribution in [0.1, 0.15) is 32.8 Å². The Morgan fingerprint density at radius 3 is 2.67 bits per heavy atom. The maximum Gasteiger partial charge on any atom is 0.0410 e. The summed E-state index contributed by atoms with van der Waals surface area (Å²) >= 11 is 7.17. The van der Waals surface area contributed by atoms with Gasteiger partial charge in [-0.3, -0.25) is 0 Å². The molecule has 1 aromatic carbocycles. The van der Waals surface area contributed by atoms with Gasteiger partial charge in [-0.05, 0) is 48.9 Å². The fourth-order valence-electron chi connectivity index (χ4n) is 2.97. The van der Waals surface area contributed by atoms with Crippen LogP contribution in [-0.4, -0.2) is 12.6 Å². The molecule has 18 heavy (non-hydrogen) atoms. The van der Waals surface area contributed by atoms with Crippen LogP contribution in [0.4, 0.5) is 5.69 Å². The standard InChI is InChI=1S/C15H21Br2N/c1-10-6-11(2)12(3)18(9-10)15-5-4-14(17)7-13(15)8-16/h4-5,7,10-12H,6,8-9H2,1-3H3. The van der Waals surface area contributed by atoms with Crippen molar-refractivity contribution < 1.29 is 0 Å². The van der Waals surface area contributed by atoms with Crippen molar-refractivity contribution >= 4 is 37.5 Å². The van der Waals surface area contributed by atoms with Gasteiger partial charge >= 0.3 is 0 Å². The molecule has 0 bridgehead atoms. The van der Waals surface area contributed by atoms with Crippen LogP contribution >= 0.6 is 31.9 Å². The first-order valence-electron chi connectivity index (χ1n) is 6.64. The normalized spacial score (nSPS) is 28.5. The van der Waals surface area contributed by atoms with Gasteiger partial charge in [-0.15, -0.1) is 0 Å². The van der Waals surface area contributed by atoms with E-state index in [9.17, 15) is 0 Å². The number of hydrogen-bond donors (Lipinski definition) is 0. The summed E-state index contributed by atoms with van der Waals surface area (Å²) < 4.78 is 1.16. The molecular formula is C15H21Br2N. The van der Waals surface area contributed by atoms with Gasteiger partial charge in [-0.1, -0.05) is 45.7 Å². The van der Waals surface area contributed by atoms with Crippen LogP contribution in [0.15, 0.2) is 22.7 Å². The minimum atomic E-state index is 0.625. The molecule has 1 fully saturated rings. The third-order valence-electron chi connectivity index (χ3n) is 4.09. The highest BCUT2D eigenvalue weighted by Gasteiger charge is 2.29. The highest BCUT2D eigenvalue weighted by atomic mass is 79.9. The number of halogens is 2. The molecule has 0 amide bonds. The predicted molar refractivity (Wildman–Crippen MR) is 86.5 cm³/mol. The van der Waals surface area contributed by atoms with Crippen LogP contribution < -0.4 is 4.90 Å². The maximum atomic E-state index is 3.61. The van der Waals surface area contributed by atoms with Gasteiger partial charge in [-0.25, -0.2) is 0 Å². The molecule has 0 aliphatic carbocycles. The van der Waals surface area contributed by atoms with Crippen LogP contribution in [0.5, 0.6) is 0 Å². The van der Waals surface area contributed by atoms with Crippen molar-refractivity contribution in [3.05, 3.63) is 28.2 Å². The number of benzene rings is 1.